The van der Waals surface area contributed by atoms with E-state index in [9.17, 15) is 9.59 Å². The molecule has 2 aliphatic heterocycles. The third-order valence-corrected chi connectivity index (χ3v) is 17.5. The number of ether oxygens (including phenoxy) is 6. The van der Waals surface area contributed by atoms with Gasteiger partial charge in [0, 0.05) is 32.4 Å². The Kier molecular flexibility index (Phi) is 12.6. The van der Waals surface area contributed by atoms with E-state index in [4.69, 9.17) is 38.4 Å². The molecule has 2 saturated heterocycles. The summed E-state index contributed by atoms with van der Waals surface area (Å²) in [4.78, 5) is 36.6. The van der Waals surface area contributed by atoms with Gasteiger partial charge in [0.1, 0.15) is 11.2 Å². The average molecular weight is 836 g/mol. The van der Waals surface area contributed by atoms with Gasteiger partial charge in [-0.3, -0.25) is 8.75 Å². The van der Waals surface area contributed by atoms with Gasteiger partial charge in [0.05, 0.1) is 35.4 Å². The lowest BCUT2D eigenvalue weighted by Gasteiger charge is -2.42. The quantitative estimate of drug-likeness (QED) is 0.0779. The van der Waals surface area contributed by atoms with Crippen LogP contribution in [-0.4, -0.2) is 73.7 Å². The first kappa shape index (κ1) is 41.3. The highest BCUT2D eigenvalue weighted by Gasteiger charge is 2.51. The number of methoxy groups -OCH3 is 2. The van der Waals surface area contributed by atoms with Crippen molar-refractivity contribution in [3.63, 3.8) is 0 Å². The highest BCUT2D eigenvalue weighted by atomic mass is 32.1. The van der Waals surface area contributed by atoms with Crippen molar-refractivity contribution in [3.8, 4) is 22.9 Å². The molecule has 59 heavy (non-hydrogen) atoms. The molecule has 0 spiro atoms. The molecule has 0 saturated carbocycles. The van der Waals surface area contributed by atoms with Crippen molar-refractivity contribution >= 4 is 51.3 Å². The Bertz CT molecular complexity index is 2380. The maximum absolute atomic E-state index is 13.9. The SMILES string of the molecule is COCOc1cc(COC2CCCCO2)cc2nc(OC)c(-c3cccc4c(=O)n(CC[C@@H]5C[C@@H](CC(C)(C)[Si](O)(c6ccccc6)c6ccccc6)CO5)sc34)nc12. The van der Waals surface area contributed by atoms with Crippen LogP contribution in [-0.2, 0) is 32.1 Å². The maximum atomic E-state index is 13.9. The second-order valence-electron chi connectivity index (χ2n) is 16.3. The van der Waals surface area contributed by atoms with Crippen LogP contribution in [0.15, 0.2) is 95.8 Å². The molecule has 0 aliphatic carbocycles. The minimum atomic E-state index is -3.13. The number of nitrogens with zero attached hydrogens (tertiary/aromatic N) is 3. The van der Waals surface area contributed by atoms with Crippen molar-refractivity contribution in [1.82, 2.24) is 13.9 Å². The van der Waals surface area contributed by atoms with Crippen LogP contribution in [0.4, 0.5) is 0 Å². The van der Waals surface area contributed by atoms with E-state index in [2.05, 4.69) is 38.1 Å². The normalized spacial score (nSPS) is 18.8. The van der Waals surface area contributed by atoms with E-state index in [0.29, 0.717) is 72.4 Å². The van der Waals surface area contributed by atoms with Gasteiger partial charge in [-0.1, -0.05) is 98.2 Å². The van der Waals surface area contributed by atoms with E-state index in [1.165, 1.54) is 11.5 Å². The molecule has 0 bridgehead atoms. The topological polar surface area (TPSA) is 123 Å². The Hall–Kier alpha value is -4.47. The van der Waals surface area contributed by atoms with Crippen LogP contribution in [0.1, 0.15) is 57.9 Å². The molecule has 0 amide bonds. The second-order valence-corrected chi connectivity index (χ2v) is 21.2. The summed E-state index contributed by atoms with van der Waals surface area (Å²) in [6.45, 7) is 6.64. The van der Waals surface area contributed by atoms with Crippen molar-refractivity contribution in [3.05, 3.63) is 107 Å². The molecule has 2 fully saturated rings. The highest BCUT2D eigenvalue weighted by Crippen LogP contribution is 2.44. The number of aryl methyl sites for hydroxylation is 1. The molecule has 310 valence electrons. The van der Waals surface area contributed by atoms with E-state index >= 15 is 0 Å². The lowest BCUT2D eigenvalue weighted by molar-refractivity contribution is -0.168. The molecule has 2 aromatic heterocycles. The summed E-state index contributed by atoms with van der Waals surface area (Å²) in [5.74, 6) is 1.14. The Morgan fingerprint density at radius 1 is 0.949 bits per heavy atom. The predicted octanol–water partition coefficient (Wildman–Crippen LogP) is 7.43. The zero-order valence-electron chi connectivity index (χ0n) is 34.2. The smallest absolute Gasteiger partial charge is 0.268 e. The van der Waals surface area contributed by atoms with Crippen molar-refractivity contribution in [2.24, 2.45) is 5.92 Å². The first-order valence-corrected chi connectivity index (χ1v) is 23.2. The zero-order chi connectivity index (χ0) is 41.0. The number of rotatable bonds is 16. The first-order chi connectivity index (χ1) is 28.7. The number of fused-ring (bicyclic) bond motifs is 2. The minimum Gasteiger partial charge on any atom is -0.479 e. The summed E-state index contributed by atoms with van der Waals surface area (Å²) in [5, 5.41) is 2.29. The van der Waals surface area contributed by atoms with Gasteiger partial charge in [-0.15, -0.1) is 0 Å². The summed E-state index contributed by atoms with van der Waals surface area (Å²) < 4.78 is 38.0. The third-order valence-electron chi connectivity index (χ3n) is 11.8. The van der Waals surface area contributed by atoms with Crippen LogP contribution >= 0.6 is 11.5 Å². The van der Waals surface area contributed by atoms with Crippen molar-refractivity contribution < 1.29 is 33.2 Å². The average Bonchev–Trinajstić information content (AvgIpc) is 3.86. The largest absolute Gasteiger partial charge is 0.479 e. The molecule has 0 radical (unpaired) electrons. The number of hydrogen-bond acceptors (Lipinski definition) is 11. The summed E-state index contributed by atoms with van der Waals surface area (Å²) in [6, 6.07) is 29.9. The van der Waals surface area contributed by atoms with Crippen LogP contribution in [0.25, 0.3) is 32.4 Å². The number of hydrogen-bond donors (Lipinski definition) is 1. The second kappa shape index (κ2) is 18.0. The van der Waals surface area contributed by atoms with Gasteiger partial charge in [0.2, 0.25) is 5.88 Å². The van der Waals surface area contributed by atoms with Crippen molar-refractivity contribution in [2.45, 2.75) is 83.0 Å². The van der Waals surface area contributed by atoms with Crippen LogP contribution in [0.5, 0.6) is 11.6 Å². The molecule has 11 nitrogen and oxygen atoms in total. The molecular weight excluding hydrogens is 783 g/mol. The van der Waals surface area contributed by atoms with E-state index in [-0.39, 0.29) is 29.8 Å². The molecular formula is C46H53N3O8SSi. The molecule has 2 aliphatic rings. The molecule has 8 rings (SSSR count). The van der Waals surface area contributed by atoms with Gasteiger partial charge >= 0.3 is 0 Å². The summed E-state index contributed by atoms with van der Waals surface area (Å²) >= 11 is 1.42. The predicted molar refractivity (Wildman–Crippen MR) is 233 cm³/mol. The summed E-state index contributed by atoms with van der Waals surface area (Å²) in [6.07, 6.45) is 5.18. The summed E-state index contributed by atoms with van der Waals surface area (Å²) in [7, 11) is 0.0119. The van der Waals surface area contributed by atoms with E-state index in [1.807, 2.05) is 70.7 Å². The molecule has 4 aromatic carbocycles. The van der Waals surface area contributed by atoms with Gasteiger partial charge < -0.3 is 33.2 Å². The monoisotopic (exact) mass is 835 g/mol. The molecule has 13 heteroatoms. The van der Waals surface area contributed by atoms with Gasteiger partial charge in [-0.05, 0) is 83.6 Å². The molecule has 1 unspecified atom stereocenters. The van der Waals surface area contributed by atoms with Crippen molar-refractivity contribution in [1.29, 1.82) is 0 Å². The lowest BCUT2D eigenvalue weighted by Crippen LogP contribution is -2.65. The van der Waals surface area contributed by atoms with Crippen LogP contribution in [0, 0.1) is 5.92 Å². The molecule has 1 N–H and O–H groups in total. The van der Waals surface area contributed by atoms with E-state index in [1.54, 1.807) is 14.2 Å². The van der Waals surface area contributed by atoms with Crippen molar-refractivity contribution in [2.75, 3.05) is 34.2 Å². The van der Waals surface area contributed by atoms with Gasteiger partial charge in [0.15, 0.2) is 18.8 Å². The Morgan fingerprint density at radius 2 is 1.71 bits per heavy atom. The first-order valence-electron chi connectivity index (χ1n) is 20.5. The van der Waals surface area contributed by atoms with Gasteiger partial charge in [-0.2, -0.15) is 0 Å². The highest BCUT2D eigenvalue weighted by molar-refractivity contribution is 7.14. The lowest BCUT2D eigenvalue weighted by atomic mass is 9.93. The maximum Gasteiger partial charge on any atom is 0.268 e. The Labute approximate surface area is 350 Å². The molecule has 4 heterocycles. The molecule has 3 atom stereocenters. The third kappa shape index (κ3) is 8.60. The van der Waals surface area contributed by atoms with Crippen LogP contribution in [0.2, 0.25) is 5.04 Å². The minimum absolute atomic E-state index is 0.0121. The summed E-state index contributed by atoms with van der Waals surface area (Å²) in [5.41, 5.74) is 3.22. The van der Waals surface area contributed by atoms with Gasteiger partial charge in [-0.25, -0.2) is 9.97 Å². The fraction of sp³-hybridized carbons (Fsp3) is 0.413. The Morgan fingerprint density at radius 3 is 2.41 bits per heavy atom. The Balaban J connectivity index is 1.01. The fourth-order valence-electron chi connectivity index (χ4n) is 8.82. The number of aromatic nitrogens is 3. The fourth-order valence-corrected chi connectivity index (χ4v) is 13.8. The standard InChI is InChI=1S/C46H53N3O8SSi/c1-46(2,59(51,34-14-7-5-8-15-34)35-16-9-6-10-17-35)27-32-24-33(55-29-32)21-22-49-45(50)37-19-13-18-36(43(37)58-49)41-44(53-4)47-38-25-31(28-56-40-20-11-12-23-54-40)26-39(42(38)48-41)57-30-52-3/h5-10,13-19,25-26,32-33,40,51H,11-12,20-24,27-30H2,1-4H3/t32-,33+,40?/m0/s1. The zero-order valence-corrected chi connectivity index (χ0v) is 36.0. The van der Waals surface area contributed by atoms with E-state index < -0.39 is 8.32 Å². The van der Waals surface area contributed by atoms with E-state index in [0.717, 1.165) is 58.3 Å². The van der Waals surface area contributed by atoms with Crippen LogP contribution < -0.4 is 25.4 Å². The van der Waals surface area contributed by atoms with Crippen LogP contribution in [0.3, 0.4) is 0 Å². The number of benzene rings is 4. The van der Waals surface area contributed by atoms with Gasteiger partial charge in [0.25, 0.3) is 13.9 Å². The molecule has 6 aromatic rings.